The first kappa shape index (κ1) is 13.5. The zero-order valence-electron chi connectivity index (χ0n) is 10.8. The van der Waals surface area contributed by atoms with E-state index in [0.29, 0.717) is 13.1 Å². The van der Waals surface area contributed by atoms with E-state index in [0.717, 1.165) is 5.56 Å². The molecule has 0 aromatic carbocycles. The van der Waals surface area contributed by atoms with Crippen LogP contribution in [0.15, 0.2) is 24.7 Å². The molecule has 0 atom stereocenters. The highest BCUT2D eigenvalue weighted by Crippen LogP contribution is 2.22. The molecule has 2 aromatic heterocycles. The molecule has 0 aliphatic heterocycles. The van der Waals surface area contributed by atoms with E-state index in [1.165, 1.54) is 12.3 Å². The number of anilines is 1. The number of nitrogens with zero attached hydrogens (tertiary/aromatic N) is 5. The number of nitriles is 1. The van der Waals surface area contributed by atoms with Crippen LogP contribution in [0.1, 0.15) is 11.1 Å². The van der Waals surface area contributed by atoms with Crippen molar-refractivity contribution in [3.8, 4) is 6.07 Å². The summed E-state index contributed by atoms with van der Waals surface area (Å²) in [4.78, 5) is 14.3. The minimum absolute atomic E-state index is 0.151. The maximum Gasteiger partial charge on any atom is 0.312 e. The zero-order valence-corrected chi connectivity index (χ0v) is 10.8. The maximum atomic E-state index is 10.9. The highest BCUT2D eigenvalue weighted by Gasteiger charge is 2.15. The van der Waals surface area contributed by atoms with Gasteiger partial charge in [-0.05, 0) is 12.5 Å². The van der Waals surface area contributed by atoms with Crippen LogP contribution in [0.3, 0.4) is 0 Å². The lowest BCUT2D eigenvalue weighted by Gasteiger charge is -2.06. The second-order valence-electron chi connectivity index (χ2n) is 4.17. The molecule has 1 N–H and O–H groups in total. The monoisotopic (exact) mass is 272 g/mol. The van der Waals surface area contributed by atoms with Crippen molar-refractivity contribution >= 4 is 11.5 Å². The van der Waals surface area contributed by atoms with Crippen LogP contribution in [-0.2, 0) is 6.54 Å². The van der Waals surface area contributed by atoms with Gasteiger partial charge in [-0.15, -0.1) is 0 Å². The van der Waals surface area contributed by atoms with Gasteiger partial charge in [-0.25, -0.2) is 4.98 Å². The van der Waals surface area contributed by atoms with E-state index in [2.05, 4.69) is 15.4 Å². The summed E-state index contributed by atoms with van der Waals surface area (Å²) in [5, 5.41) is 26.6. The molecule has 0 spiro atoms. The van der Waals surface area contributed by atoms with Crippen LogP contribution in [0, 0.1) is 28.4 Å². The topological polar surface area (TPSA) is 110 Å². The molecule has 0 saturated carbocycles. The lowest BCUT2D eigenvalue weighted by molar-refractivity contribution is -0.384. The predicted molar refractivity (Wildman–Crippen MR) is 71.1 cm³/mol. The van der Waals surface area contributed by atoms with Gasteiger partial charge in [-0.2, -0.15) is 10.4 Å². The standard InChI is InChI=1S/C12H12N6O2/c1-9-6-16-17(8-9)3-2-14-12-11(18(19)20)4-10(5-13)7-15-12/h4,6-8H,2-3H2,1H3,(H,14,15). The molecule has 102 valence electrons. The first-order valence-corrected chi connectivity index (χ1v) is 5.87. The molecule has 0 fully saturated rings. The van der Waals surface area contributed by atoms with Gasteiger partial charge in [0.05, 0.1) is 23.2 Å². The first-order chi connectivity index (χ1) is 9.60. The summed E-state index contributed by atoms with van der Waals surface area (Å²) in [5.74, 6) is 0.151. The summed E-state index contributed by atoms with van der Waals surface area (Å²) in [6.45, 7) is 2.94. The van der Waals surface area contributed by atoms with E-state index in [-0.39, 0.29) is 17.1 Å². The van der Waals surface area contributed by atoms with Crippen molar-refractivity contribution in [3.63, 3.8) is 0 Å². The Hall–Kier alpha value is -2.95. The molecule has 2 rings (SSSR count). The summed E-state index contributed by atoms with van der Waals surface area (Å²) in [5.41, 5.74) is 0.998. The van der Waals surface area contributed by atoms with E-state index in [1.54, 1.807) is 10.9 Å². The van der Waals surface area contributed by atoms with Crippen molar-refractivity contribution in [1.82, 2.24) is 14.8 Å². The Morgan fingerprint density at radius 1 is 1.55 bits per heavy atom. The number of aromatic nitrogens is 3. The average Bonchev–Trinajstić information content (AvgIpc) is 2.84. The number of rotatable bonds is 5. The van der Waals surface area contributed by atoms with E-state index in [1.807, 2.05) is 19.2 Å². The van der Waals surface area contributed by atoms with Gasteiger partial charge in [0.2, 0.25) is 5.82 Å². The van der Waals surface area contributed by atoms with Gasteiger partial charge in [-0.1, -0.05) is 0 Å². The molecule has 0 saturated heterocycles. The molecule has 0 amide bonds. The number of hydrogen-bond donors (Lipinski definition) is 1. The third kappa shape index (κ3) is 3.08. The molecule has 0 aliphatic carbocycles. The Morgan fingerprint density at radius 2 is 2.35 bits per heavy atom. The highest BCUT2D eigenvalue weighted by atomic mass is 16.6. The smallest absolute Gasteiger partial charge is 0.312 e. The lowest BCUT2D eigenvalue weighted by Crippen LogP contribution is -2.13. The van der Waals surface area contributed by atoms with Crippen molar-refractivity contribution < 1.29 is 4.92 Å². The Kier molecular flexibility index (Phi) is 3.91. The predicted octanol–water partition coefficient (Wildman–Crippen LogP) is 1.48. The van der Waals surface area contributed by atoms with Crippen LogP contribution in [-0.4, -0.2) is 26.2 Å². The number of aryl methyl sites for hydroxylation is 1. The van der Waals surface area contributed by atoms with E-state index >= 15 is 0 Å². The minimum Gasteiger partial charge on any atom is -0.362 e. The number of nitrogens with one attached hydrogen (secondary N) is 1. The van der Waals surface area contributed by atoms with Crippen LogP contribution in [0.4, 0.5) is 11.5 Å². The van der Waals surface area contributed by atoms with E-state index in [9.17, 15) is 10.1 Å². The zero-order chi connectivity index (χ0) is 14.5. The minimum atomic E-state index is -0.561. The summed E-state index contributed by atoms with van der Waals surface area (Å²) in [6.07, 6.45) is 4.91. The molecule has 2 heterocycles. The maximum absolute atomic E-state index is 10.9. The fourth-order valence-corrected chi connectivity index (χ4v) is 1.67. The largest absolute Gasteiger partial charge is 0.362 e. The Balaban J connectivity index is 2.05. The highest BCUT2D eigenvalue weighted by molar-refractivity contribution is 5.58. The quantitative estimate of drug-likeness (QED) is 0.652. The normalized spacial score (nSPS) is 10.0. The molecular weight excluding hydrogens is 260 g/mol. The van der Waals surface area contributed by atoms with Crippen molar-refractivity contribution in [3.05, 3.63) is 45.9 Å². The summed E-state index contributed by atoms with van der Waals surface area (Å²) < 4.78 is 1.73. The molecule has 0 unspecified atom stereocenters. The third-order valence-electron chi connectivity index (χ3n) is 2.59. The fourth-order valence-electron chi connectivity index (χ4n) is 1.67. The van der Waals surface area contributed by atoms with Gasteiger partial charge in [0, 0.05) is 25.0 Å². The fraction of sp³-hybridized carbons (Fsp3) is 0.250. The van der Waals surface area contributed by atoms with Gasteiger partial charge in [0.15, 0.2) is 0 Å². The van der Waals surface area contributed by atoms with E-state index in [4.69, 9.17) is 5.26 Å². The SMILES string of the molecule is Cc1cnn(CCNc2ncc(C#N)cc2[N+](=O)[O-])c1. The van der Waals surface area contributed by atoms with Gasteiger partial charge in [-0.3, -0.25) is 14.8 Å². The van der Waals surface area contributed by atoms with Crippen LogP contribution < -0.4 is 5.32 Å². The first-order valence-electron chi connectivity index (χ1n) is 5.87. The van der Waals surface area contributed by atoms with Gasteiger partial charge < -0.3 is 5.32 Å². The molecule has 8 nitrogen and oxygen atoms in total. The molecule has 20 heavy (non-hydrogen) atoms. The van der Waals surface area contributed by atoms with Gasteiger partial charge >= 0.3 is 5.69 Å². The Labute approximate surface area is 114 Å². The van der Waals surface area contributed by atoms with Gasteiger partial charge in [0.1, 0.15) is 6.07 Å². The molecule has 8 heteroatoms. The summed E-state index contributed by atoms with van der Waals surface area (Å²) >= 11 is 0. The summed E-state index contributed by atoms with van der Waals surface area (Å²) in [7, 11) is 0. The lowest BCUT2D eigenvalue weighted by atomic mass is 10.3. The number of nitro groups is 1. The molecule has 0 radical (unpaired) electrons. The van der Waals surface area contributed by atoms with Crippen molar-refractivity contribution in [2.24, 2.45) is 0 Å². The van der Waals surface area contributed by atoms with Crippen LogP contribution in [0.25, 0.3) is 0 Å². The molecule has 2 aromatic rings. The third-order valence-corrected chi connectivity index (χ3v) is 2.59. The molecular formula is C12H12N6O2. The van der Waals surface area contributed by atoms with Gasteiger partial charge in [0.25, 0.3) is 0 Å². The van der Waals surface area contributed by atoms with Crippen LogP contribution in [0.2, 0.25) is 0 Å². The van der Waals surface area contributed by atoms with Crippen molar-refractivity contribution in [2.75, 3.05) is 11.9 Å². The van der Waals surface area contributed by atoms with Crippen molar-refractivity contribution in [1.29, 1.82) is 5.26 Å². The number of pyridine rings is 1. The van der Waals surface area contributed by atoms with E-state index < -0.39 is 4.92 Å². The van der Waals surface area contributed by atoms with Crippen molar-refractivity contribution in [2.45, 2.75) is 13.5 Å². The average molecular weight is 272 g/mol. The molecule has 0 bridgehead atoms. The Bertz CT molecular complexity index is 673. The summed E-state index contributed by atoms with van der Waals surface area (Å²) in [6, 6.07) is 3.03. The Morgan fingerprint density at radius 3 is 2.95 bits per heavy atom. The second kappa shape index (κ2) is 5.79. The van der Waals surface area contributed by atoms with Crippen LogP contribution in [0.5, 0.6) is 0 Å². The number of hydrogen-bond acceptors (Lipinski definition) is 6. The second-order valence-corrected chi connectivity index (χ2v) is 4.17. The molecule has 0 aliphatic rings. The van der Waals surface area contributed by atoms with Crippen LogP contribution >= 0.6 is 0 Å².